The van der Waals surface area contributed by atoms with E-state index in [0.29, 0.717) is 25.2 Å². The number of hydrogen-bond acceptors (Lipinski definition) is 3. The maximum absolute atomic E-state index is 12.1. The van der Waals surface area contributed by atoms with Crippen LogP contribution in [0.5, 0.6) is 0 Å². The van der Waals surface area contributed by atoms with Gasteiger partial charge in [-0.2, -0.15) is 0 Å². The average Bonchev–Trinajstić information content (AvgIpc) is 2.54. The zero-order valence-corrected chi connectivity index (χ0v) is 17.5. The van der Waals surface area contributed by atoms with Crippen molar-refractivity contribution in [2.45, 2.75) is 52.2 Å². The number of carbonyl (C=O) groups excluding carboxylic acids is 1. The van der Waals surface area contributed by atoms with E-state index in [-0.39, 0.29) is 11.0 Å². The van der Waals surface area contributed by atoms with Crippen LogP contribution in [-0.4, -0.2) is 27.5 Å². The summed E-state index contributed by atoms with van der Waals surface area (Å²) in [6, 6.07) is 9.91. The summed E-state index contributed by atoms with van der Waals surface area (Å²) in [4.78, 5) is 12.1. The number of carbonyl (C=O) groups is 1. The van der Waals surface area contributed by atoms with Gasteiger partial charge in [-0.1, -0.05) is 63.3 Å². The summed E-state index contributed by atoms with van der Waals surface area (Å²) < 4.78 is 11.3. The van der Waals surface area contributed by atoms with E-state index in [4.69, 9.17) is 9.16 Å². The summed E-state index contributed by atoms with van der Waals surface area (Å²) in [7, 11) is -1.75. The highest BCUT2D eigenvalue weighted by Gasteiger charge is 2.36. The van der Waals surface area contributed by atoms with Crippen LogP contribution in [0.1, 0.15) is 39.7 Å². The smallest absolute Gasteiger partial charge is 0.337 e. The van der Waals surface area contributed by atoms with Crippen LogP contribution >= 0.6 is 0 Å². The molecule has 0 saturated carbocycles. The maximum atomic E-state index is 12.1. The summed E-state index contributed by atoms with van der Waals surface area (Å²) in [6.07, 6.45) is 6.35. The first kappa shape index (κ1) is 21.4. The fraction of sp³-hybridized carbons (Fsp3) is 0.476. The molecule has 25 heavy (non-hydrogen) atoms. The molecule has 0 heterocycles. The normalized spacial score (nSPS) is 13.3. The van der Waals surface area contributed by atoms with Crippen LogP contribution in [0.25, 0.3) is 6.08 Å². The van der Waals surface area contributed by atoms with Crippen LogP contribution in [0.4, 0.5) is 0 Å². The monoisotopic (exact) mass is 360 g/mol. The second-order valence-electron chi connectivity index (χ2n) is 7.52. The van der Waals surface area contributed by atoms with Gasteiger partial charge in [0.05, 0.1) is 12.2 Å². The van der Waals surface area contributed by atoms with Crippen molar-refractivity contribution >= 4 is 20.4 Å². The van der Waals surface area contributed by atoms with Crippen molar-refractivity contribution in [3.05, 3.63) is 53.6 Å². The molecule has 0 amide bonds. The molecular formula is C21H32O3Si. The van der Waals surface area contributed by atoms with Gasteiger partial charge in [-0.15, -0.1) is 0 Å². The van der Waals surface area contributed by atoms with E-state index < -0.39 is 8.32 Å². The first-order valence-electron chi connectivity index (χ1n) is 8.92. The zero-order chi connectivity index (χ0) is 18.9. The highest BCUT2D eigenvalue weighted by Crippen LogP contribution is 2.36. The van der Waals surface area contributed by atoms with Gasteiger partial charge < -0.3 is 9.16 Å². The van der Waals surface area contributed by atoms with Crippen molar-refractivity contribution in [3.63, 3.8) is 0 Å². The first-order chi connectivity index (χ1) is 11.7. The molecule has 0 bridgehead atoms. The number of benzene rings is 1. The molecule has 0 unspecified atom stereocenters. The van der Waals surface area contributed by atoms with E-state index >= 15 is 0 Å². The zero-order valence-electron chi connectivity index (χ0n) is 16.5. The van der Waals surface area contributed by atoms with E-state index in [0.717, 1.165) is 5.56 Å². The Labute approximate surface area is 153 Å². The highest BCUT2D eigenvalue weighted by molar-refractivity contribution is 6.74. The molecule has 0 aliphatic heterocycles. The number of hydrogen-bond donors (Lipinski definition) is 0. The number of rotatable bonds is 8. The Morgan fingerprint density at radius 1 is 1.16 bits per heavy atom. The lowest BCUT2D eigenvalue weighted by atomic mass is 10.1. The quantitative estimate of drug-likeness (QED) is 0.199. The molecule has 138 valence electrons. The fourth-order valence-corrected chi connectivity index (χ4v) is 2.99. The van der Waals surface area contributed by atoms with Crippen LogP contribution in [-0.2, 0) is 14.0 Å². The van der Waals surface area contributed by atoms with E-state index in [1.807, 2.05) is 55.5 Å². The Balaban J connectivity index is 2.74. The molecule has 4 heteroatoms. The van der Waals surface area contributed by atoms with Crippen molar-refractivity contribution in [2.24, 2.45) is 0 Å². The van der Waals surface area contributed by atoms with Gasteiger partial charge >= 0.3 is 5.97 Å². The minimum atomic E-state index is -1.75. The minimum Gasteiger partial charge on any atom is -0.462 e. The van der Waals surface area contributed by atoms with E-state index in [9.17, 15) is 4.79 Å². The molecule has 1 rings (SSSR count). The van der Waals surface area contributed by atoms with Gasteiger partial charge in [0.25, 0.3) is 0 Å². The summed E-state index contributed by atoms with van der Waals surface area (Å²) in [6.45, 7) is 14.0. The van der Waals surface area contributed by atoms with Crippen LogP contribution in [0.15, 0.2) is 48.1 Å². The average molecular weight is 361 g/mol. The third-order valence-corrected chi connectivity index (χ3v) is 9.06. The molecule has 3 nitrogen and oxygen atoms in total. The Morgan fingerprint density at radius 2 is 1.80 bits per heavy atom. The minimum absolute atomic E-state index is 0.188. The van der Waals surface area contributed by atoms with E-state index in [2.05, 4.69) is 33.9 Å². The van der Waals surface area contributed by atoms with Gasteiger partial charge in [-0.3, -0.25) is 0 Å². The predicted molar refractivity (Wildman–Crippen MR) is 108 cm³/mol. The summed E-state index contributed by atoms with van der Waals surface area (Å²) in [5.41, 5.74) is 1.62. The summed E-state index contributed by atoms with van der Waals surface area (Å²) >= 11 is 0. The Bertz CT molecular complexity index is 595. The van der Waals surface area contributed by atoms with Gasteiger partial charge in [0.15, 0.2) is 8.32 Å². The van der Waals surface area contributed by atoms with Gasteiger partial charge in [0.1, 0.15) is 0 Å². The third kappa shape index (κ3) is 7.40. The SMILES string of the molecule is CCOC(=O)C(=C\CCO[Si](C)(C)C(C)(C)C)/C=C/c1ccccc1. The molecule has 1 aromatic rings. The third-order valence-electron chi connectivity index (χ3n) is 4.52. The lowest BCUT2D eigenvalue weighted by Gasteiger charge is -2.36. The molecule has 0 aliphatic rings. The molecule has 0 spiro atoms. The molecule has 0 atom stereocenters. The van der Waals surface area contributed by atoms with E-state index in [1.165, 1.54) is 0 Å². The van der Waals surface area contributed by atoms with E-state index in [1.54, 1.807) is 0 Å². The summed E-state index contributed by atoms with van der Waals surface area (Å²) in [5, 5.41) is 0.188. The maximum Gasteiger partial charge on any atom is 0.337 e. The van der Waals surface area contributed by atoms with Crippen molar-refractivity contribution in [1.29, 1.82) is 0 Å². The van der Waals surface area contributed by atoms with Crippen LogP contribution < -0.4 is 0 Å². The highest BCUT2D eigenvalue weighted by atomic mass is 28.4. The Hall–Kier alpha value is -1.65. The first-order valence-corrected chi connectivity index (χ1v) is 11.8. The predicted octanol–water partition coefficient (Wildman–Crippen LogP) is 5.60. The second-order valence-corrected chi connectivity index (χ2v) is 12.3. The summed E-state index contributed by atoms with van der Waals surface area (Å²) in [5.74, 6) is -0.290. The molecule has 0 saturated heterocycles. The van der Waals surface area contributed by atoms with Gasteiger partial charge in [-0.25, -0.2) is 4.79 Å². The molecule has 0 aromatic heterocycles. The molecule has 0 radical (unpaired) electrons. The van der Waals surface area contributed by atoms with Crippen molar-refractivity contribution < 1.29 is 14.0 Å². The lowest BCUT2D eigenvalue weighted by molar-refractivity contribution is -0.138. The van der Waals surface area contributed by atoms with Gasteiger partial charge in [-0.05, 0) is 43.1 Å². The van der Waals surface area contributed by atoms with Crippen LogP contribution in [0.2, 0.25) is 18.1 Å². The topological polar surface area (TPSA) is 35.5 Å². The molecule has 1 aromatic carbocycles. The molecule has 0 fully saturated rings. The molecular weight excluding hydrogens is 328 g/mol. The lowest BCUT2D eigenvalue weighted by Crippen LogP contribution is -2.40. The molecule has 0 N–H and O–H groups in total. The van der Waals surface area contributed by atoms with Gasteiger partial charge in [0, 0.05) is 6.61 Å². The fourth-order valence-electron chi connectivity index (χ4n) is 1.93. The van der Waals surface area contributed by atoms with Crippen molar-refractivity contribution in [1.82, 2.24) is 0 Å². The second kappa shape index (κ2) is 9.73. The van der Waals surface area contributed by atoms with Gasteiger partial charge in [0.2, 0.25) is 0 Å². The van der Waals surface area contributed by atoms with Crippen molar-refractivity contribution in [3.8, 4) is 0 Å². The van der Waals surface area contributed by atoms with Crippen LogP contribution in [0.3, 0.4) is 0 Å². The molecule has 0 aliphatic carbocycles. The van der Waals surface area contributed by atoms with Crippen molar-refractivity contribution in [2.75, 3.05) is 13.2 Å². The Kier molecular flexibility index (Phi) is 8.33. The Morgan fingerprint density at radius 3 is 2.36 bits per heavy atom. The number of ether oxygens (including phenoxy) is 1. The number of esters is 1. The van der Waals surface area contributed by atoms with Crippen LogP contribution in [0, 0.1) is 0 Å². The standard InChI is InChI=1S/C21H32O3Si/c1-7-23-20(22)19(16-15-18-12-9-8-10-13-18)14-11-17-24-25(5,6)21(2,3)4/h8-10,12-16H,7,11,17H2,1-6H3/b16-15+,19-14-. The largest absolute Gasteiger partial charge is 0.462 e.